The maximum Gasteiger partial charge on any atom is 0.123 e. The zero-order chi connectivity index (χ0) is 11.1. The zero-order valence-electron chi connectivity index (χ0n) is 9.86. The summed E-state index contributed by atoms with van der Waals surface area (Å²) >= 11 is 0. The first-order chi connectivity index (χ1) is 7.25. The minimum Gasteiger partial charge on any atom is -0.489 e. The van der Waals surface area contributed by atoms with Crippen LogP contribution in [0.3, 0.4) is 0 Å². The Balaban J connectivity index is 2.63. The molecule has 0 amide bonds. The normalized spacial score (nSPS) is 11.2. The van der Waals surface area contributed by atoms with E-state index < -0.39 is 0 Å². The summed E-state index contributed by atoms with van der Waals surface area (Å²) in [5.74, 6) is 1.52. The Morgan fingerprint density at radius 1 is 1.20 bits per heavy atom. The molecule has 0 aliphatic heterocycles. The van der Waals surface area contributed by atoms with Crippen molar-refractivity contribution in [1.29, 1.82) is 0 Å². The van der Waals surface area contributed by atoms with Crippen molar-refractivity contribution in [2.24, 2.45) is 0 Å². The predicted octanol–water partition coefficient (Wildman–Crippen LogP) is 4.16. The van der Waals surface area contributed by atoms with Gasteiger partial charge in [0.05, 0.1) is 0 Å². The van der Waals surface area contributed by atoms with Crippen LogP contribution in [0.5, 0.6) is 5.75 Å². The number of para-hydroxylation sites is 1. The molecule has 0 aliphatic carbocycles. The van der Waals surface area contributed by atoms with Gasteiger partial charge in [-0.05, 0) is 24.0 Å². The van der Waals surface area contributed by atoms with E-state index in [-0.39, 0.29) is 0 Å². The monoisotopic (exact) mass is 204 g/mol. The van der Waals surface area contributed by atoms with Gasteiger partial charge in [0.25, 0.3) is 0 Å². The van der Waals surface area contributed by atoms with Gasteiger partial charge in [0.2, 0.25) is 0 Å². The largest absolute Gasteiger partial charge is 0.489 e. The minimum absolute atomic E-state index is 0.511. The molecule has 1 heteroatoms. The number of rotatable bonds is 5. The lowest BCUT2D eigenvalue weighted by atomic mass is 10.0. The van der Waals surface area contributed by atoms with Crippen LogP contribution in [0, 0.1) is 0 Å². The quantitative estimate of drug-likeness (QED) is 0.654. The second-order valence-electron chi connectivity index (χ2n) is 3.88. The van der Waals surface area contributed by atoms with Crippen molar-refractivity contribution in [1.82, 2.24) is 0 Å². The molecule has 1 nitrogen and oxygen atoms in total. The molecule has 0 atom stereocenters. The van der Waals surface area contributed by atoms with Crippen LogP contribution < -0.4 is 4.74 Å². The van der Waals surface area contributed by atoms with Crippen molar-refractivity contribution in [3.8, 4) is 5.75 Å². The topological polar surface area (TPSA) is 9.23 Å². The summed E-state index contributed by atoms with van der Waals surface area (Å²) in [6.45, 7) is 7.16. The third-order valence-electron chi connectivity index (χ3n) is 2.28. The Kier molecular flexibility index (Phi) is 4.96. The third-order valence-corrected chi connectivity index (χ3v) is 2.28. The van der Waals surface area contributed by atoms with Crippen LogP contribution in [0.1, 0.15) is 38.7 Å². The fraction of sp³-hybridized carbons (Fsp3) is 0.429. The highest BCUT2D eigenvalue weighted by Crippen LogP contribution is 2.25. The number of benzene rings is 1. The van der Waals surface area contributed by atoms with E-state index in [1.807, 2.05) is 12.1 Å². The summed E-state index contributed by atoms with van der Waals surface area (Å²) in [6.07, 6.45) is 5.25. The van der Waals surface area contributed by atoms with Crippen LogP contribution in [0.4, 0.5) is 0 Å². The van der Waals surface area contributed by atoms with Gasteiger partial charge < -0.3 is 4.74 Å². The predicted molar refractivity (Wildman–Crippen MR) is 65.5 cm³/mol. The maximum atomic E-state index is 5.71. The van der Waals surface area contributed by atoms with Crippen LogP contribution >= 0.6 is 0 Å². The van der Waals surface area contributed by atoms with E-state index in [4.69, 9.17) is 4.74 Å². The number of hydrogen-bond acceptors (Lipinski definition) is 1. The summed E-state index contributed by atoms with van der Waals surface area (Å²) in [5.41, 5.74) is 1.28. The first kappa shape index (κ1) is 11.8. The minimum atomic E-state index is 0.511. The summed E-state index contributed by atoms with van der Waals surface area (Å²) in [6, 6.07) is 8.24. The summed E-state index contributed by atoms with van der Waals surface area (Å²) in [5, 5.41) is 0. The highest BCUT2D eigenvalue weighted by atomic mass is 16.5. The van der Waals surface area contributed by atoms with Gasteiger partial charge in [-0.25, -0.2) is 0 Å². The molecule has 0 heterocycles. The smallest absolute Gasteiger partial charge is 0.123 e. The fourth-order valence-electron chi connectivity index (χ4n) is 1.46. The van der Waals surface area contributed by atoms with Crippen LogP contribution in [-0.2, 0) is 0 Å². The van der Waals surface area contributed by atoms with Gasteiger partial charge in [-0.15, -0.1) is 0 Å². The molecule has 0 saturated carbocycles. The number of ether oxygens (including phenoxy) is 1. The molecule has 0 N–H and O–H groups in total. The van der Waals surface area contributed by atoms with Crippen LogP contribution in [0.25, 0.3) is 0 Å². The standard InChI is InChI=1S/C14H20O/c1-4-5-8-11-15-14-10-7-6-9-13(14)12(2)3/h5-10,12H,4,11H2,1-3H3/b8-5+. The molecule has 0 unspecified atom stereocenters. The van der Waals surface area contributed by atoms with Crippen molar-refractivity contribution in [2.75, 3.05) is 6.61 Å². The molecule has 1 aromatic rings. The SMILES string of the molecule is CC/C=C/COc1ccccc1C(C)C. The molecule has 0 spiro atoms. The maximum absolute atomic E-state index is 5.71. The molecule has 0 bridgehead atoms. The van der Waals surface area contributed by atoms with Gasteiger partial charge in [0.15, 0.2) is 0 Å². The summed E-state index contributed by atoms with van der Waals surface area (Å²) in [7, 11) is 0. The lowest BCUT2D eigenvalue weighted by molar-refractivity contribution is 0.357. The Labute approximate surface area is 92.8 Å². The first-order valence-electron chi connectivity index (χ1n) is 5.62. The van der Waals surface area contributed by atoms with Crippen molar-refractivity contribution in [3.05, 3.63) is 42.0 Å². The van der Waals surface area contributed by atoms with Crippen LogP contribution in [-0.4, -0.2) is 6.61 Å². The molecule has 0 saturated heterocycles. The third kappa shape index (κ3) is 3.78. The van der Waals surface area contributed by atoms with Gasteiger partial charge >= 0.3 is 0 Å². The molecule has 82 valence electrons. The molecule has 0 aliphatic rings. The van der Waals surface area contributed by atoms with Crippen molar-refractivity contribution >= 4 is 0 Å². The van der Waals surface area contributed by atoms with Crippen LogP contribution in [0.15, 0.2) is 36.4 Å². The van der Waals surface area contributed by atoms with E-state index in [2.05, 4.69) is 45.1 Å². The second kappa shape index (κ2) is 6.28. The zero-order valence-corrected chi connectivity index (χ0v) is 9.86. The molecule has 0 aromatic heterocycles. The molecule has 15 heavy (non-hydrogen) atoms. The average molecular weight is 204 g/mol. The molecule has 1 aromatic carbocycles. The molecule has 0 radical (unpaired) electrons. The van der Waals surface area contributed by atoms with Crippen molar-refractivity contribution in [3.63, 3.8) is 0 Å². The first-order valence-corrected chi connectivity index (χ1v) is 5.62. The Hall–Kier alpha value is -1.24. The van der Waals surface area contributed by atoms with E-state index >= 15 is 0 Å². The van der Waals surface area contributed by atoms with E-state index in [9.17, 15) is 0 Å². The van der Waals surface area contributed by atoms with E-state index in [1.54, 1.807) is 0 Å². The molecular weight excluding hydrogens is 184 g/mol. The Morgan fingerprint density at radius 3 is 2.60 bits per heavy atom. The average Bonchev–Trinajstić information content (AvgIpc) is 2.25. The number of allylic oxidation sites excluding steroid dienone is 1. The fourth-order valence-corrected chi connectivity index (χ4v) is 1.46. The van der Waals surface area contributed by atoms with Crippen molar-refractivity contribution in [2.45, 2.75) is 33.1 Å². The van der Waals surface area contributed by atoms with Crippen LogP contribution in [0.2, 0.25) is 0 Å². The second-order valence-corrected chi connectivity index (χ2v) is 3.88. The van der Waals surface area contributed by atoms with Gasteiger partial charge in [-0.3, -0.25) is 0 Å². The Morgan fingerprint density at radius 2 is 1.93 bits per heavy atom. The van der Waals surface area contributed by atoms with E-state index in [0.717, 1.165) is 12.2 Å². The molecule has 1 rings (SSSR count). The van der Waals surface area contributed by atoms with E-state index in [0.29, 0.717) is 12.5 Å². The highest BCUT2D eigenvalue weighted by molar-refractivity contribution is 5.35. The number of hydrogen-bond donors (Lipinski definition) is 0. The summed E-state index contributed by atoms with van der Waals surface area (Å²) in [4.78, 5) is 0. The lowest BCUT2D eigenvalue weighted by Gasteiger charge is -2.12. The van der Waals surface area contributed by atoms with Gasteiger partial charge in [-0.2, -0.15) is 0 Å². The molecule has 0 fully saturated rings. The van der Waals surface area contributed by atoms with Gasteiger partial charge in [0.1, 0.15) is 12.4 Å². The van der Waals surface area contributed by atoms with Gasteiger partial charge in [0, 0.05) is 0 Å². The van der Waals surface area contributed by atoms with E-state index in [1.165, 1.54) is 5.56 Å². The molecular formula is C14H20O. The Bertz CT molecular complexity index is 313. The van der Waals surface area contributed by atoms with Gasteiger partial charge in [-0.1, -0.05) is 51.1 Å². The van der Waals surface area contributed by atoms with Crippen molar-refractivity contribution < 1.29 is 4.74 Å². The highest BCUT2D eigenvalue weighted by Gasteiger charge is 2.05. The summed E-state index contributed by atoms with van der Waals surface area (Å²) < 4.78 is 5.71. The lowest BCUT2D eigenvalue weighted by Crippen LogP contribution is -1.98.